The molecule has 0 atom stereocenters. The average molecular weight is 321 g/mol. The summed E-state index contributed by atoms with van der Waals surface area (Å²) >= 11 is 3.27. The Labute approximate surface area is 119 Å². The molecule has 0 saturated carbocycles. The van der Waals surface area contributed by atoms with E-state index < -0.39 is 0 Å². The molecule has 5 heteroatoms. The van der Waals surface area contributed by atoms with Gasteiger partial charge in [-0.05, 0) is 27.6 Å². The Hall–Kier alpha value is -1.88. The van der Waals surface area contributed by atoms with Gasteiger partial charge in [0.05, 0.1) is 0 Å². The number of pyridine rings is 1. The van der Waals surface area contributed by atoms with Crippen molar-refractivity contribution in [1.29, 1.82) is 0 Å². The van der Waals surface area contributed by atoms with Crippen LogP contribution in [0.25, 0.3) is 0 Å². The first-order valence-corrected chi connectivity index (χ1v) is 6.61. The van der Waals surface area contributed by atoms with Crippen molar-refractivity contribution in [2.75, 3.05) is 0 Å². The number of rotatable bonds is 4. The van der Waals surface area contributed by atoms with E-state index >= 15 is 0 Å². The van der Waals surface area contributed by atoms with E-state index in [-0.39, 0.29) is 18.0 Å². The fourth-order valence-corrected chi connectivity index (χ4v) is 2.01. The Kier molecular flexibility index (Phi) is 4.52. The maximum atomic E-state index is 11.8. The molecule has 0 bridgehead atoms. The molecule has 0 fully saturated rings. The van der Waals surface area contributed by atoms with Gasteiger partial charge in [0.2, 0.25) is 5.91 Å². The van der Waals surface area contributed by atoms with Crippen molar-refractivity contribution >= 4 is 21.8 Å². The molecule has 1 heterocycles. The highest BCUT2D eigenvalue weighted by Gasteiger charge is 2.04. The standard InChI is InChI=1S/C14H13BrN2O2/c15-12-6-7-14(19)17(9-12)10-13(18)16-8-11-4-2-1-3-5-11/h1-7,9H,8,10H2,(H,16,18). The van der Waals surface area contributed by atoms with Crippen molar-refractivity contribution in [3.8, 4) is 0 Å². The Morgan fingerprint density at radius 2 is 1.89 bits per heavy atom. The number of hydrogen-bond acceptors (Lipinski definition) is 2. The fourth-order valence-electron chi connectivity index (χ4n) is 1.63. The van der Waals surface area contributed by atoms with E-state index in [4.69, 9.17) is 0 Å². The lowest BCUT2D eigenvalue weighted by Crippen LogP contribution is -2.31. The lowest BCUT2D eigenvalue weighted by molar-refractivity contribution is -0.121. The summed E-state index contributed by atoms with van der Waals surface area (Å²) in [5.74, 6) is -0.191. The predicted octanol–water partition coefficient (Wildman–Crippen LogP) is 1.93. The van der Waals surface area contributed by atoms with Crippen LogP contribution in [0, 0.1) is 0 Å². The minimum atomic E-state index is -0.196. The monoisotopic (exact) mass is 320 g/mol. The number of aromatic nitrogens is 1. The Morgan fingerprint density at radius 3 is 2.63 bits per heavy atom. The number of hydrogen-bond donors (Lipinski definition) is 1. The molecule has 1 aromatic carbocycles. The van der Waals surface area contributed by atoms with Gasteiger partial charge in [-0.15, -0.1) is 0 Å². The molecule has 98 valence electrons. The van der Waals surface area contributed by atoms with Gasteiger partial charge in [-0.3, -0.25) is 9.59 Å². The molecular formula is C14H13BrN2O2. The average Bonchev–Trinajstić information content (AvgIpc) is 2.42. The molecule has 4 nitrogen and oxygen atoms in total. The molecule has 0 unspecified atom stereocenters. The topological polar surface area (TPSA) is 51.1 Å². The van der Waals surface area contributed by atoms with Crippen molar-refractivity contribution in [2.45, 2.75) is 13.1 Å². The van der Waals surface area contributed by atoms with Gasteiger partial charge in [-0.1, -0.05) is 30.3 Å². The predicted molar refractivity (Wildman–Crippen MR) is 76.7 cm³/mol. The highest BCUT2D eigenvalue weighted by atomic mass is 79.9. The van der Waals surface area contributed by atoms with E-state index in [2.05, 4.69) is 21.2 Å². The van der Waals surface area contributed by atoms with Crippen LogP contribution in [0.5, 0.6) is 0 Å². The summed E-state index contributed by atoms with van der Waals surface area (Å²) in [6.07, 6.45) is 1.60. The van der Waals surface area contributed by atoms with Crippen LogP contribution in [0.15, 0.2) is 57.9 Å². The van der Waals surface area contributed by atoms with Gasteiger partial charge in [0, 0.05) is 23.3 Å². The van der Waals surface area contributed by atoms with Gasteiger partial charge < -0.3 is 9.88 Å². The van der Waals surface area contributed by atoms with Crippen LogP contribution in [-0.2, 0) is 17.9 Å². The Balaban J connectivity index is 1.95. The molecule has 0 radical (unpaired) electrons. The minimum absolute atomic E-state index is 0.0190. The van der Waals surface area contributed by atoms with Crippen LogP contribution in [0.1, 0.15) is 5.56 Å². The molecule has 19 heavy (non-hydrogen) atoms. The summed E-state index contributed by atoms with van der Waals surface area (Å²) in [4.78, 5) is 23.3. The molecule has 0 aliphatic heterocycles. The van der Waals surface area contributed by atoms with Gasteiger partial charge in [-0.25, -0.2) is 0 Å². The lowest BCUT2D eigenvalue weighted by Gasteiger charge is -2.07. The van der Waals surface area contributed by atoms with Gasteiger partial charge in [-0.2, -0.15) is 0 Å². The number of nitrogens with zero attached hydrogens (tertiary/aromatic N) is 1. The van der Waals surface area contributed by atoms with E-state index in [1.165, 1.54) is 10.6 Å². The van der Waals surface area contributed by atoms with Crippen molar-refractivity contribution in [1.82, 2.24) is 9.88 Å². The summed E-state index contributed by atoms with van der Waals surface area (Å²) in [6, 6.07) is 12.7. The highest BCUT2D eigenvalue weighted by Crippen LogP contribution is 2.04. The summed E-state index contributed by atoms with van der Waals surface area (Å²) in [5, 5.41) is 2.78. The SMILES string of the molecule is O=C(Cn1cc(Br)ccc1=O)NCc1ccccc1. The van der Waals surface area contributed by atoms with E-state index in [1.54, 1.807) is 12.3 Å². The minimum Gasteiger partial charge on any atom is -0.350 e. The molecule has 2 rings (SSSR count). The summed E-state index contributed by atoms with van der Waals surface area (Å²) in [7, 11) is 0. The summed E-state index contributed by atoms with van der Waals surface area (Å²) < 4.78 is 2.13. The van der Waals surface area contributed by atoms with Crippen LogP contribution >= 0.6 is 15.9 Å². The second-order valence-corrected chi connectivity index (χ2v) is 4.99. The van der Waals surface area contributed by atoms with Crippen molar-refractivity contribution in [3.63, 3.8) is 0 Å². The van der Waals surface area contributed by atoms with Crippen molar-refractivity contribution < 1.29 is 4.79 Å². The molecular weight excluding hydrogens is 308 g/mol. The van der Waals surface area contributed by atoms with E-state index in [1.807, 2.05) is 30.3 Å². The first kappa shape index (κ1) is 13.5. The molecule has 1 N–H and O–H groups in total. The molecule has 1 aromatic heterocycles. The van der Waals surface area contributed by atoms with Crippen LogP contribution in [0.3, 0.4) is 0 Å². The van der Waals surface area contributed by atoms with E-state index in [9.17, 15) is 9.59 Å². The maximum Gasteiger partial charge on any atom is 0.251 e. The van der Waals surface area contributed by atoms with Crippen molar-refractivity contribution in [3.05, 3.63) is 69.1 Å². The quantitative estimate of drug-likeness (QED) is 0.935. The van der Waals surface area contributed by atoms with Crippen molar-refractivity contribution in [2.24, 2.45) is 0 Å². The second-order valence-electron chi connectivity index (χ2n) is 4.08. The Bertz CT molecular complexity index is 623. The largest absolute Gasteiger partial charge is 0.350 e. The molecule has 1 amide bonds. The zero-order valence-electron chi connectivity index (χ0n) is 10.2. The Morgan fingerprint density at radius 1 is 1.16 bits per heavy atom. The number of amides is 1. The fraction of sp³-hybridized carbons (Fsp3) is 0.143. The molecule has 2 aromatic rings. The second kappa shape index (κ2) is 6.33. The van der Waals surface area contributed by atoms with Gasteiger partial charge in [0.15, 0.2) is 0 Å². The van der Waals surface area contributed by atoms with Crippen LogP contribution < -0.4 is 10.9 Å². The normalized spacial score (nSPS) is 10.2. The smallest absolute Gasteiger partial charge is 0.251 e. The third-order valence-electron chi connectivity index (χ3n) is 2.59. The zero-order chi connectivity index (χ0) is 13.7. The molecule has 0 saturated heterocycles. The molecule has 0 spiro atoms. The number of carbonyl (C=O) groups excluding carboxylic acids is 1. The van der Waals surface area contributed by atoms with Crippen LogP contribution in [0.4, 0.5) is 0 Å². The first-order chi connectivity index (χ1) is 9.15. The first-order valence-electron chi connectivity index (χ1n) is 5.82. The van der Waals surface area contributed by atoms with Crippen LogP contribution in [0.2, 0.25) is 0 Å². The van der Waals surface area contributed by atoms with E-state index in [0.717, 1.165) is 10.0 Å². The van der Waals surface area contributed by atoms with Gasteiger partial charge in [0.1, 0.15) is 6.54 Å². The number of benzene rings is 1. The highest BCUT2D eigenvalue weighted by molar-refractivity contribution is 9.10. The maximum absolute atomic E-state index is 11.8. The third-order valence-corrected chi connectivity index (χ3v) is 3.06. The number of halogens is 1. The van der Waals surface area contributed by atoms with Gasteiger partial charge >= 0.3 is 0 Å². The molecule has 0 aliphatic carbocycles. The lowest BCUT2D eigenvalue weighted by atomic mass is 10.2. The zero-order valence-corrected chi connectivity index (χ0v) is 11.8. The number of nitrogens with one attached hydrogen (secondary N) is 1. The summed E-state index contributed by atoms with van der Waals surface area (Å²) in [5.41, 5.74) is 0.829. The van der Waals surface area contributed by atoms with Crippen LogP contribution in [-0.4, -0.2) is 10.5 Å². The summed E-state index contributed by atoms with van der Waals surface area (Å²) in [6.45, 7) is 0.480. The third kappa shape index (κ3) is 4.06. The van der Waals surface area contributed by atoms with E-state index in [0.29, 0.717) is 6.54 Å². The van der Waals surface area contributed by atoms with Gasteiger partial charge in [0.25, 0.3) is 5.56 Å². The number of carbonyl (C=O) groups is 1. The molecule has 0 aliphatic rings.